The summed E-state index contributed by atoms with van der Waals surface area (Å²) in [6.45, 7) is 7.17. The van der Waals surface area contributed by atoms with Crippen molar-refractivity contribution in [1.82, 2.24) is 14.8 Å². The molecule has 0 saturated heterocycles. The lowest BCUT2D eigenvalue weighted by molar-refractivity contribution is 0.00821. The van der Waals surface area contributed by atoms with Gasteiger partial charge in [0.15, 0.2) is 5.82 Å². The second kappa shape index (κ2) is 4.06. The van der Waals surface area contributed by atoms with E-state index in [1.807, 2.05) is 25.3 Å². The summed E-state index contributed by atoms with van der Waals surface area (Å²) in [5, 5.41) is 8.14. The molecule has 0 bridgehead atoms. The lowest BCUT2D eigenvalue weighted by atomic mass is 10.1. The van der Waals surface area contributed by atoms with Crippen molar-refractivity contribution in [2.24, 2.45) is 5.73 Å². The molecule has 0 saturated carbocycles. The van der Waals surface area contributed by atoms with Crippen LogP contribution in [-0.4, -0.2) is 21.9 Å². The fraction of sp³-hybridized carbons (Fsp3) is 0.778. The average Bonchev–Trinajstić information content (AvgIpc) is 2.60. The molecule has 0 aliphatic carbocycles. The number of nitrogens with zero attached hydrogens (tertiary/aromatic N) is 3. The maximum absolute atomic E-state index is 5.56. The average molecular weight is 198 g/mol. The molecule has 1 heterocycles. The Bertz CT molecular complexity index is 306. The molecular formula is C9H18N4O. The minimum absolute atomic E-state index is 0.403. The number of ether oxygens (including phenoxy) is 1. The normalized spacial score (nSPS) is 12.1. The number of hydrogen-bond donors (Lipinski definition) is 1. The highest BCUT2D eigenvalue weighted by atomic mass is 16.5. The van der Waals surface area contributed by atoms with Crippen LogP contribution in [0.4, 0.5) is 0 Å². The van der Waals surface area contributed by atoms with Gasteiger partial charge in [0, 0.05) is 13.7 Å². The number of aromatic nitrogens is 3. The first-order valence-electron chi connectivity index (χ1n) is 4.74. The molecule has 0 spiro atoms. The number of methoxy groups -OCH3 is 1. The molecule has 1 aromatic heterocycles. The van der Waals surface area contributed by atoms with Gasteiger partial charge in [-0.15, -0.1) is 10.2 Å². The fourth-order valence-corrected chi connectivity index (χ4v) is 1.36. The maximum atomic E-state index is 5.56. The Hall–Kier alpha value is -0.940. The molecule has 5 heteroatoms. The van der Waals surface area contributed by atoms with E-state index in [-0.39, 0.29) is 0 Å². The van der Waals surface area contributed by atoms with Crippen molar-refractivity contribution in [3.63, 3.8) is 0 Å². The van der Waals surface area contributed by atoms with Gasteiger partial charge in [-0.25, -0.2) is 0 Å². The summed E-state index contributed by atoms with van der Waals surface area (Å²) in [7, 11) is 1.66. The second-order valence-corrected chi connectivity index (χ2v) is 3.60. The molecule has 0 amide bonds. The van der Waals surface area contributed by atoms with Crippen molar-refractivity contribution in [3.05, 3.63) is 11.6 Å². The Kier molecular flexibility index (Phi) is 3.23. The van der Waals surface area contributed by atoms with Gasteiger partial charge in [-0.2, -0.15) is 0 Å². The van der Waals surface area contributed by atoms with Gasteiger partial charge in [0.05, 0.1) is 6.54 Å². The molecule has 1 aromatic rings. The summed E-state index contributed by atoms with van der Waals surface area (Å²) in [6.07, 6.45) is 0. The van der Waals surface area contributed by atoms with Crippen LogP contribution in [0, 0.1) is 0 Å². The molecule has 0 fully saturated rings. The predicted octanol–water partition coefficient (Wildman–Crippen LogP) is 0.638. The molecule has 0 aromatic carbocycles. The summed E-state index contributed by atoms with van der Waals surface area (Å²) in [5.74, 6) is 1.62. The van der Waals surface area contributed by atoms with Crippen LogP contribution in [0.2, 0.25) is 0 Å². The van der Waals surface area contributed by atoms with Crippen LogP contribution in [0.1, 0.15) is 32.4 Å². The molecule has 5 nitrogen and oxygen atoms in total. The fourth-order valence-electron chi connectivity index (χ4n) is 1.36. The zero-order valence-corrected chi connectivity index (χ0v) is 9.24. The summed E-state index contributed by atoms with van der Waals surface area (Å²) in [4.78, 5) is 0. The van der Waals surface area contributed by atoms with Gasteiger partial charge < -0.3 is 15.0 Å². The van der Waals surface area contributed by atoms with Crippen molar-refractivity contribution in [3.8, 4) is 0 Å². The van der Waals surface area contributed by atoms with Crippen molar-refractivity contribution in [2.75, 3.05) is 7.11 Å². The second-order valence-electron chi connectivity index (χ2n) is 3.60. The van der Waals surface area contributed by atoms with Crippen LogP contribution < -0.4 is 5.73 Å². The van der Waals surface area contributed by atoms with Gasteiger partial charge >= 0.3 is 0 Å². The Morgan fingerprint density at radius 3 is 2.50 bits per heavy atom. The molecule has 0 aliphatic rings. The molecule has 0 radical (unpaired) electrons. The Morgan fingerprint density at radius 2 is 2.07 bits per heavy atom. The zero-order chi connectivity index (χ0) is 10.8. The van der Waals surface area contributed by atoms with Crippen molar-refractivity contribution < 1.29 is 4.74 Å². The van der Waals surface area contributed by atoms with Crippen LogP contribution in [0.5, 0.6) is 0 Å². The van der Waals surface area contributed by atoms with Crippen LogP contribution in [0.3, 0.4) is 0 Å². The predicted molar refractivity (Wildman–Crippen MR) is 53.6 cm³/mol. The van der Waals surface area contributed by atoms with Gasteiger partial charge in [0.2, 0.25) is 0 Å². The standard InChI is InChI=1S/C9H18N4O/c1-5-13-7(6-10)11-12-8(13)9(2,3)14-4/h5-6,10H2,1-4H3. The van der Waals surface area contributed by atoms with E-state index in [0.717, 1.165) is 18.2 Å². The lowest BCUT2D eigenvalue weighted by Crippen LogP contribution is -2.25. The van der Waals surface area contributed by atoms with Crippen molar-refractivity contribution in [1.29, 1.82) is 0 Å². The summed E-state index contributed by atoms with van der Waals surface area (Å²) < 4.78 is 7.35. The topological polar surface area (TPSA) is 66.0 Å². The molecular weight excluding hydrogens is 180 g/mol. The highest BCUT2D eigenvalue weighted by Crippen LogP contribution is 2.22. The summed E-state index contributed by atoms with van der Waals surface area (Å²) in [6, 6.07) is 0. The zero-order valence-electron chi connectivity index (χ0n) is 9.24. The Labute approximate surface area is 84.3 Å². The van der Waals surface area contributed by atoms with E-state index in [1.54, 1.807) is 7.11 Å². The van der Waals surface area contributed by atoms with Crippen molar-refractivity contribution >= 4 is 0 Å². The van der Waals surface area contributed by atoms with E-state index in [9.17, 15) is 0 Å². The van der Waals surface area contributed by atoms with Crippen LogP contribution in [-0.2, 0) is 23.4 Å². The Balaban J connectivity index is 3.15. The summed E-state index contributed by atoms with van der Waals surface area (Å²) in [5.41, 5.74) is 5.14. The van der Waals surface area contributed by atoms with E-state index in [2.05, 4.69) is 10.2 Å². The van der Waals surface area contributed by atoms with Crippen molar-refractivity contribution in [2.45, 2.75) is 39.5 Å². The van der Waals surface area contributed by atoms with Gasteiger partial charge in [-0.05, 0) is 20.8 Å². The van der Waals surface area contributed by atoms with E-state index < -0.39 is 5.60 Å². The third kappa shape index (κ3) is 1.78. The molecule has 0 aliphatic heterocycles. The summed E-state index contributed by atoms with van der Waals surface area (Å²) >= 11 is 0. The van der Waals surface area contributed by atoms with E-state index in [4.69, 9.17) is 10.5 Å². The molecule has 0 unspecified atom stereocenters. The lowest BCUT2D eigenvalue weighted by Gasteiger charge is -2.22. The van der Waals surface area contributed by atoms with Crippen LogP contribution in [0.25, 0.3) is 0 Å². The molecule has 1 rings (SSSR count). The third-order valence-electron chi connectivity index (χ3n) is 2.38. The highest BCUT2D eigenvalue weighted by Gasteiger charge is 2.27. The minimum Gasteiger partial charge on any atom is -0.371 e. The van der Waals surface area contributed by atoms with Crippen LogP contribution in [0.15, 0.2) is 0 Å². The monoisotopic (exact) mass is 198 g/mol. The molecule has 0 atom stereocenters. The van der Waals surface area contributed by atoms with Gasteiger partial charge in [-0.1, -0.05) is 0 Å². The van der Waals surface area contributed by atoms with Gasteiger partial charge in [-0.3, -0.25) is 0 Å². The first-order valence-corrected chi connectivity index (χ1v) is 4.74. The quantitative estimate of drug-likeness (QED) is 0.771. The minimum atomic E-state index is -0.420. The largest absolute Gasteiger partial charge is 0.371 e. The smallest absolute Gasteiger partial charge is 0.164 e. The SMILES string of the molecule is CCn1c(CN)nnc1C(C)(C)OC. The number of hydrogen-bond acceptors (Lipinski definition) is 4. The first kappa shape index (κ1) is 11.1. The van der Waals surface area contributed by atoms with Gasteiger partial charge in [0.25, 0.3) is 0 Å². The number of nitrogens with two attached hydrogens (primary N) is 1. The Morgan fingerprint density at radius 1 is 1.43 bits per heavy atom. The van der Waals surface area contributed by atoms with Crippen LogP contribution >= 0.6 is 0 Å². The molecule has 2 N–H and O–H groups in total. The molecule has 14 heavy (non-hydrogen) atoms. The number of rotatable bonds is 4. The molecule has 80 valence electrons. The maximum Gasteiger partial charge on any atom is 0.164 e. The third-order valence-corrected chi connectivity index (χ3v) is 2.38. The highest BCUT2D eigenvalue weighted by molar-refractivity contribution is 5.03. The van der Waals surface area contributed by atoms with E-state index in [0.29, 0.717) is 6.54 Å². The van der Waals surface area contributed by atoms with Gasteiger partial charge in [0.1, 0.15) is 11.4 Å². The van der Waals surface area contributed by atoms with E-state index >= 15 is 0 Å². The van der Waals surface area contributed by atoms with E-state index in [1.165, 1.54) is 0 Å². The first-order chi connectivity index (χ1) is 6.56.